The molecule has 0 saturated heterocycles. The summed E-state index contributed by atoms with van der Waals surface area (Å²) in [5.41, 5.74) is 0. The Kier molecular flexibility index (Phi) is 45.9. The molecule has 0 aliphatic carbocycles. The van der Waals surface area contributed by atoms with Crippen molar-refractivity contribution in [2.75, 3.05) is 33.0 Å². The van der Waals surface area contributed by atoms with Crippen molar-refractivity contribution in [1.29, 1.82) is 0 Å². The minimum atomic E-state index is -3.40. The van der Waals surface area contributed by atoms with Crippen molar-refractivity contribution in [2.24, 2.45) is 0 Å². The molecule has 0 N–H and O–H groups in total. The smallest absolute Gasteiger partial charge is 0.463 e. The van der Waals surface area contributed by atoms with Gasteiger partial charge in [0.15, 0.2) is 0 Å². The van der Waals surface area contributed by atoms with Crippen LogP contribution in [0.2, 0.25) is 0 Å². The first-order chi connectivity index (χ1) is 25.9. The predicted octanol–water partition coefficient (Wildman–Crippen LogP) is 14.6. The Morgan fingerprint density at radius 1 is 0.340 bits per heavy atom. The number of ether oxygens (including phenoxy) is 2. The molecule has 316 valence electrons. The number of phosphoric ester groups is 1. The molecule has 0 aromatic carbocycles. The second kappa shape index (κ2) is 45.2. The summed E-state index contributed by atoms with van der Waals surface area (Å²) in [5, 5.41) is 0. The van der Waals surface area contributed by atoms with Gasteiger partial charge in [0.25, 0.3) is 0 Å². The van der Waals surface area contributed by atoms with Gasteiger partial charge < -0.3 is 9.47 Å². The fraction of sp³-hybridized carbons (Fsp3) is 0.909. The van der Waals surface area contributed by atoms with Crippen LogP contribution in [0.4, 0.5) is 0 Å². The zero-order chi connectivity index (χ0) is 39.4. The van der Waals surface area contributed by atoms with Crippen molar-refractivity contribution >= 4 is 19.8 Å². The maximum atomic E-state index is 13.0. The molecule has 0 radical (unpaired) electrons. The lowest BCUT2D eigenvalue weighted by atomic mass is 10.1. The van der Waals surface area contributed by atoms with Gasteiger partial charge in [-0.05, 0) is 32.1 Å². The Morgan fingerprint density at radius 2 is 0.547 bits per heavy atom. The van der Waals surface area contributed by atoms with Crippen molar-refractivity contribution in [1.82, 2.24) is 0 Å². The van der Waals surface area contributed by atoms with E-state index in [1.807, 2.05) is 0 Å². The molecular formula is C44H87O8P. The Bertz CT molecular complexity index is 750. The molecule has 0 bridgehead atoms. The van der Waals surface area contributed by atoms with E-state index in [-0.39, 0.29) is 0 Å². The van der Waals surface area contributed by atoms with Crippen molar-refractivity contribution in [3.63, 3.8) is 0 Å². The Morgan fingerprint density at radius 3 is 0.792 bits per heavy atom. The molecule has 0 fully saturated rings. The monoisotopic (exact) mass is 775 g/mol. The van der Waals surface area contributed by atoms with E-state index >= 15 is 0 Å². The first-order valence-electron chi connectivity index (χ1n) is 22.4. The summed E-state index contributed by atoms with van der Waals surface area (Å²) in [6.45, 7) is 13.3. The van der Waals surface area contributed by atoms with Crippen LogP contribution in [0.25, 0.3) is 0 Å². The van der Waals surface area contributed by atoms with Crippen LogP contribution in [-0.4, -0.2) is 45.0 Å². The van der Waals surface area contributed by atoms with Gasteiger partial charge in [-0.15, -0.1) is 0 Å². The lowest BCUT2D eigenvalue weighted by Crippen LogP contribution is -2.06. The van der Waals surface area contributed by atoms with E-state index in [0.717, 1.165) is 76.4 Å². The first kappa shape index (κ1) is 53.9. The average molecular weight is 775 g/mol. The first-order valence-corrected chi connectivity index (χ1v) is 23.9. The van der Waals surface area contributed by atoms with Crippen LogP contribution < -0.4 is 0 Å². The average Bonchev–Trinajstić information content (AvgIpc) is 3.15. The van der Waals surface area contributed by atoms with E-state index in [0.29, 0.717) is 33.0 Å². The number of hydrogen-bond acceptors (Lipinski definition) is 8. The number of rotatable bonds is 40. The molecule has 0 aliphatic rings. The highest BCUT2D eigenvalue weighted by Crippen LogP contribution is 2.50. The predicted molar refractivity (Wildman–Crippen MR) is 223 cm³/mol. The molecule has 0 aliphatic heterocycles. The second-order valence-corrected chi connectivity index (χ2v) is 16.1. The van der Waals surface area contributed by atoms with Gasteiger partial charge in [-0.1, -0.05) is 195 Å². The fourth-order valence-electron chi connectivity index (χ4n) is 5.63. The minimum absolute atomic E-state index is 0.419. The van der Waals surface area contributed by atoms with Crippen molar-refractivity contribution in [3.8, 4) is 0 Å². The van der Waals surface area contributed by atoms with Crippen LogP contribution in [-0.2, 0) is 37.2 Å². The Balaban J connectivity index is 0. The van der Waals surface area contributed by atoms with E-state index in [4.69, 9.17) is 23.0 Å². The van der Waals surface area contributed by atoms with Crippen molar-refractivity contribution in [3.05, 3.63) is 12.2 Å². The van der Waals surface area contributed by atoms with Crippen LogP contribution in [0.15, 0.2) is 12.2 Å². The van der Waals surface area contributed by atoms with Crippen molar-refractivity contribution < 1.29 is 37.2 Å². The highest BCUT2D eigenvalue weighted by atomic mass is 31.2. The van der Waals surface area contributed by atoms with Crippen LogP contribution in [0.3, 0.4) is 0 Å². The van der Waals surface area contributed by atoms with Gasteiger partial charge in [-0.25, -0.2) is 14.2 Å². The molecule has 0 rings (SSSR count). The molecule has 53 heavy (non-hydrogen) atoms. The van der Waals surface area contributed by atoms with Gasteiger partial charge in [-0.2, -0.15) is 0 Å². The topological polar surface area (TPSA) is 97.4 Å². The van der Waals surface area contributed by atoms with Gasteiger partial charge in [0.05, 0.1) is 33.0 Å². The van der Waals surface area contributed by atoms with Gasteiger partial charge in [0.1, 0.15) is 0 Å². The van der Waals surface area contributed by atoms with E-state index in [1.165, 1.54) is 128 Å². The van der Waals surface area contributed by atoms with Crippen molar-refractivity contribution in [2.45, 2.75) is 227 Å². The zero-order valence-corrected chi connectivity index (χ0v) is 36.5. The molecular weight excluding hydrogens is 687 g/mol. The summed E-state index contributed by atoms with van der Waals surface area (Å²) >= 11 is 0. The van der Waals surface area contributed by atoms with E-state index in [1.54, 1.807) is 0 Å². The summed E-state index contributed by atoms with van der Waals surface area (Å²) in [6, 6.07) is 0. The van der Waals surface area contributed by atoms with Gasteiger partial charge in [0.2, 0.25) is 0 Å². The summed E-state index contributed by atoms with van der Waals surface area (Å²) in [6.07, 6.45) is 37.4. The Hall–Kier alpha value is -1.21. The lowest BCUT2D eigenvalue weighted by Gasteiger charge is -2.18. The number of esters is 2. The SMILES string of the molecule is CCCCCCCCOC(=O)C=CC(=O)OCCCCCCCC.CCCCCCCCOP(=O)(OCCCCCCCC)OCCCCCCCC. The lowest BCUT2D eigenvalue weighted by molar-refractivity contribution is -0.140. The highest BCUT2D eigenvalue weighted by Gasteiger charge is 2.26. The number of carbonyl (C=O) groups is 2. The molecule has 8 nitrogen and oxygen atoms in total. The van der Waals surface area contributed by atoms with Crippen LogP contribution in [0, 0.1) is 0 Å². The van der Waals surface area contributed by atoms with E-state index < -0.39 is 19.8 Å². The molecule has 0 unspecified atom stereocenters. The standard InChI is InChI=1S/C24H51O4P.C20H36O4/c1-4-7-10-13-16-19-22-26-29(25,27-23-20-17-14-11-8-5-2)28-24-21-18-15-12-9-6-3;1-3-5-7-9-11-13-17-23-19(21)15-16-20(22)24-18-14-12-10-8-6-4-2/h4-24H2,1-3H3;15-16H,3-14,17-18H2,1-2H3. The molecule has 0 saturated carbocycles. The number of unbranched alkanes of at least 4 members (excludes halogenated alkanes) is 25. The fourth-order valence-corrected chi connectivity index (χ4v) is 6.91. The molecule has 9 heteroatoms. The molecule has 0 heterocycles. The summed E-state index contributed by atoms with van der Waals surface area (Å²) < 4.78 is 40.0. The van der Waals surface area contributed by atoms with Crippen LogP contribution in [0.5, 0.6) is 0 Å². The van der Waals surface area contributed by atoms with E-state index in [2.05, 4.69) is 34.6 Å². The summed E-state index contributed by atoms with van der Waals surface area (Å²) in [7, 11) is -3.40. The number of phosphoric acid groups is 1. The maximum absolute atomic E-state index is 13.0. The molecule has 0 spiro atoms. The quantitative estimate of drug-likeness (QED) is 0.0263. The third-order valence-electron chi connectivity index (χ3n) is 9.08. The van der Waals surface area contributed by atoms with Crippen LogP contribution >= 0.6 is 7.82 Å². The third-order valence-corrected chi connectivity index (χ3v) is 10.6. The van der Waals surface area contributed by atoms with Crippen LogP contribution in [0.1, 0.15) is 227 Å². The summed E-state index contributed by atoms with van der Waals surface area (Å²) in [4.78, 5) is 22.9. The minimum Gasteiger partial charge on any atom is -0.463 e. The normalized spacial score (nSPS) is 11.5. The van der Waals surface area contributed by atoms with E-state index in [9.17, 15) is 14.2 Å². The molecule has 0 amide bonds. The highest BCUT2D eigenvalue weighted by molar-refractivity contribution is 7.48. The summed E-state index contributed by atoms with van der Waals surface area (Å²) in [5.74, 6) is -0.944. The number of carbonyl (C=O) groups excluding carboxylic acids is 2. The molecule has 0 aromatic rings. The largest absolute Gasteiger partial charge is 0.474 e. The Labute approximate surface area is 328 Å². The molecule has 0 aromatic heterocycles. The second-order valence-electron chi connectivity index (χ2n) is 14.5. The molecule has 0 atom stereocenters. The van der Waals surface area contributed by atoms with Gasteiger partial charge in [-0.3, -0.25) is 13.6 Å². The number of hydrogen-bond donors (Lipinski definition) is 0. The maximum Gasteiger partial charge on any atom is 0.474 e. The van der Waals surface area contributed by atoms with Gasteiger partial charge in [0, 0.05) is 12.2 Å². The van der Waals surface area contributed by atoms with Gasteiger partial charge >= 0.3 is 19.8 Å². The zero-order valence-electron chi connectivity index (χ0n) is 35.6. The third kappa shape index (κ3) is 45.1.